The summed E-state index contributed by atoms with van der Waals surface area (Å²) in [6, 6.07) is 8.98. The highest BCUT2D eigenvalue weighted by Crippen LogP contribution is 2.33. The maximum absolute atomic E-state index is 12.8. The molecule has 26 heavy (non-hydrogen) atoms. The fourth-order valence-electron chi connectivity index (χ4n) is 2.49. The average Bonchev–Trinajstić information content (AvgIpc) is 2.99. The number of carbonyl (C=O) groups excluding carboxylic acids is 1. The van der Waals surface area contributed by atoms with Gasteiger partial charge in [0.05, 0.1) is 5.02 Å². The van der Waals surface area contributed by atoms with Gasteiger partial charge in [-0.2, -0.15) is 13.2 Å². The Kier molecular flexibility index (Phi) is 4.86. The van der Waals surface area contributed by atoms with Crippen LogP contribution in [0.4, 0.5) is 18.9 Å². The minimum Gasteiger partial charge on any atom is -0.435 e. The molecule has 3 aromatic rings. The molecule has 1 heterocycles. The van der Waals surface area contributed by atoms with Crippen molar-refractivity contribution in [2.45, 2.75) is 13.1 Å². The summed E-state index contributed by atoms with van der Waals surface area (Å²) < 4.78 is 43.9. The number of hydrogen-bond acceptors (Lipinski definition) is 3. The summed E-state index contributed by atoms with van der Waals surface area (Å²) in [6.07, 6.45) is -4.96. The molecule has 0 aliphatic rings. The molecule has 0 bridgehead atoms. The Morgan fingerprint density at radius 1 is 1.23 bits per heavy atom. The Hall–Kier alpha value is -2.25. The number of nitrogens with zero attached hydrogens (tertiary/aromatic N) is 2. The number of halogens is 5. The first-order chi connectivity index (χ1) is 12.2. The number of oxazole rings is 1. The highest BCUT2D eigenvalue weighted by atomic mass is 35.5. The van der Waals surface area contributed by atoms with Crippen molar-refractivity contribution in [3.05, 3.63) is 46.4 Å². The quantitative estimate of drug-likeness (QED) is 0.562. The molecule has 0 aliphatic carbocycles. The van der Waals surface area contributed by atoms with Crippen molar-refractivity contribution >= 4 is 45.9 Å². The van der Waals surface area contributed by atoms with E-state index in [1.807, 2.05) is 0 Å². The third kappa shape index (κ3) is 3.50. The highest BCUT2D eigenvalue weighted by molar-refractivity contribution is 6.38. The summed E-state index contributed by atoms with van der Waals surface area (Å²) in [5.41, 5.74) is 1.22. The molecule has 0 radical (unpaired) electrons. The standard InChI is InChI=1S/C17H11Cl2F3N2O2/c1-2-24(16(25)17(20,21)22)11-5-3-4-9(6-11)15-23-13-8-10(18)7-12(19)14(13)26-15/h3-8H,2H2,1H3. The minimum atomic E-state index is -4.96. The zero-order valence-corrected chi connectivity index (χ0v) is 14.8. The first-order valence-electron chi connectivity index (χ1n) is 7.45. The number of amides is 1. The Bertz CT molecular complexity index is 986. The Morgan fingerprint density at radius 3 is 2.62 bits per heavy atom. The van der Waals surface area contributed by atoms with E-state index in [9.17, 15) is 18.0 Å². The van der Waals surface area contributed by atoms with E-state index >= 15 is 0 Å². The van der Waals surface area contributed by atoms with E-state index in [1.165, 1.54) is 31.2 Å². The zero-order chi connectivity index (χ0) is 19.1. The number of anilines is 1. The molecule has 9 heteroatoms. The van der Waals surface area contributed by atoms with Gasteiger partial charge in [-0.15, -0.1) is 0 Å². The topological polar surface area (TPSA) is 46.3 Å². The number of carbonyl (C=O) groups is 1. The fraction of sp³-hybridized carbons (Fsp3) is 0.176. The number of aromatic nitrogens is 1. The second kappa shape index (κ2) is 6.81. The van der Waals surface area contributed by atoms with Crippen LogP contribution in [0.25, 0.3) is 22.6 Å². The first-order valence-corrected chi connectivity index (χ1v) is 8.21. The lowest BCUT2D eigenvalue weighted by Crippen LogP contribution is -2.41. The lowest BCUT2D eigenvalue weighted by atomic mass is 10.2. The van der Waals surface area contributed by atoms with Crippen LogP contribution in [-0.4, -0.2) is 23.6 Å². The van der Waals surface area contributed by atoms with E-state index in [0.29, 0.717) is 26.6 Å². The maximum Gasteiger partial charge on any atom is 0.471 e. The predicted octanol–water partition coefficient (Wildman–Crippen LogP) is 5.72. The summed E-state index contributed by atoms with van der Waals surface area (Å²) >= 11 is 12.0. The van der Waals surface area contributed by atoms with Gasteiger partial charge >= 0.3 is 12.1 Å². The summed E-state index contributed by atoms with van der Waals surface area (Å²) in [7, 11) is 0. The third-order valence-electron chi connectivity index (χ3n) is 3.62. The van der Waals surface area contributed by atoms with Gasteiger partial charge in [-0.05, 0) is 37.3 Å². The minimum absolute atomic E-state index is 0.0821. The second-order valence-electron chi connectivity index (χ2n) is 5.35. The van der Waals surface area contributed by atoms with E-state index in [0.717, 1.165) is 0 Å². The summed E-state index contributed by atoms with van der Waals surface area (Å²) in [6.45, 7) is 1.31. The van der Waals surface area contributed by atoms with Gasteiger partial charge in [0.1, 0.15) is 5.52 Å². The molecule has 136 valence electrons. The molecule has 0 fully saturated rings. The van der Waals surface area contributed by atoms with Crippen LogP contribution < -0.4 is 4.90 Å². The van der Waals surface area contributed by atoms with Crippen molar-refractivity contribution in [3.63, 3.8) is 0 Å². The van der Waals surface area contributed by atoms with Crippen molar-refractivity contribution in [2.24, 2.45) is 0 Å². The van der Waals surface area contributed by atoms with E-state index in [-0.39, 0.29) is 23.1 Å². The van der Waals surface area contributed by atoms with Crippen LogP contribution in [0.15, 0.2) is 40.8 Å². The highest BCUT2D eigenvalue weighted by Gasteiger charge is 2.42. The van der Waals surface area contributed by atoms with Gasteiger partial charge in [0.25, 0.3) is 0 Å². The van der Waals surface area contributed by atoms with Gasteiger partial charge in [0, 0.05) is 22.8 Å². The Balaban J connectivity index is 2.04. The number of hydrogen-bond donors (Lipinski definition) is 0. The van der Waals surface area contributed by atoms with E-state index < -0.39 is 12.1 Å². The molecule has 0 unspecified atom stereocenters. The molecule has 0 atom stereocenters. The Labute approximate surface area is 156 Å². The molecule has 0 saturated carbocycles. The van der Waals surface area contributed by atoms with Crippen molar-refractivity contribution in [3.8, 4) is 11.5 Å². The lowest BCUT2D eigenvalue weighted by Gasteiger charge is -2.22. The van der Waals surface area contributed by atoms with Gasteiger partial charge < -0.3 is 9.32 Å². The van der Waals surface area contributed by atoms with E-state index in [1.54, 1.807) is 12.1 Å². The average molecular weight is 403 g/mol. The second-order valence-corrected chi connectivity index (χ2v) is 6.20. The summed E-state index contributed by atoms with van der Waals surface area (Å²) in [4.78, 5) is 16.5. The van der Waals surface area contributed by atoms with Crippen LogP contribution in [0, 0.1) is 0 Å². The van der Waals surface area contributed by atoms with Gasteiger partial charge in [-0.1, -0.05) is 29.3 Å². The molecule has 3 rings (SSSR count). The van der Waals surface area contributed by atoms with Gasteiger partial charge in [0.15, 0.2) is 5.58 Å². The molecule has 4 nitrogen and oxygen atoms in total. The van der Waals surface area contributed by atoms with Gasteiger partial charge in [0.2, 0.25) is 5.89 Å². The largest absolute Gasteiger partial charge is 0.471 e. The van der Waals surface area contributed by atoms with E-state index in [2.05, 4.69) is 4.98 Å². The van der Waals surface area contributed by atoms with E-state index in [4.69, 9.17) is 27.6 Å². The number of alkyl halides is 3. The maximum atomic E-state index is 12.8. The van der Waals surface area contributed by atoms with Crippen LogP contribution >= 0.6 is 23.2 Å². The smallest absolute Gasteiger partial charge is 0.435 e. The Morgan fingerprint density at radius 2 is 1.96 bits per heavy atom. The van der Waals surface area contributed by atoms with Crippen molar-refractivity contribution < 1.29 is 22.4 Å². The molecule has 0 saturated heterocycles. The summed E-state index contributed by atoms with van der Waals surface area (Å²) in [5, 5.41) is 0.647. The molecule has 1 aromatic heterocycles. The number of benzene rings is 2. The van der Waals surface area contributed by atoms with Crippen LogP contribution in [0.5, 0.6) is 0 Å². The first kappa shape index (κ1) is 18.5. The number of rotatable bonds is 3. The van der Waals surface area contributed by atoms with Crippen LogP contribution in [0.2, 0.25) is 10.0 Å². The molecule has 0 spiro atoms. The number of fused-ring (bicyclic) bond motifs is 1. The van der Waals surface area contributed by atoms with Crippen molar-refractivity contribution in [1.82, 2.24) is 4.98 Å². The predicted molar refractivity (Wildman–Crippen MR) is 93.5 cm³/mol. The molecule has 0 aliphatic heterocycles. The zero-order valence-electron chi connectivity index (χ0n) is 13.3. The summed E-state index contributed by atoms with van der Waals surface area (Å²) in [5.74, 6) is -1.79. The normalized spacial score (nSPS) is 11.8. The molecule has 1 amide bonds. The van der Waals surface area contributed by atoms with Crippen molar-refractivity contribution in [2.75, 3.05) is 11.4 Å². The molecular weight excluding hydrogens is 392 g/mol. The molecular formula is C17H11Cl2F3N2O2. The SMILES string of the molecule is CCN(C(=O)C(F)(F)F)c1cccc(-c2nc3cc(Cl)cc(Cl)c3o2)c1. The fourth-order valence-corrected chi connectivity index (χ4v) is 3.01. The lowest BCUT2D eigenvalue weighted by molar-refractivity contribution is -0.170. The van der Waals surface area contributed by atoms with Gasteiger partial charge in [-0.3, -0.25) is 4.79 Å². The van der Waals surface area contributed by atoms with Crippen LogP contribution in [0.3, 0.4) is 0 Å². The van der Waals surface area contributed by atoms with Gasteiger partial charge in [-0.25, -0.2) is 4.98 Å². The molecule has 0 N–H and O–H groups in total. The van der Waals surface area contributed by atoms with Crippen molar-refractivity contribution in [1.29, 1.82) is 0 Å². The molecule has 2 aromatic carbocycles. The van der Waals surface area contributed by atoms with Crippen LogP contribution in [0.1, 0.15) is 6.92 Å². The third-order valence-corrected chi connectivity index (χ3v) is 4.12. The monoisotopic (exact) mass is 402 g/mol. The van der Waals surface area contributed by atoms with Crippen LogP contribution in [-0.2, 0) is 4.79 Å².